The van der Waals surface area contributed by atoms with Gasteiger partial charge in [0.15, 0.2) is 11.5 Å². The van der Waals surface area contributed by atoms with Crippen LogP contribution in [0.4, 0.5) is 5.69 Å². The standard InChI is InChI=1S/C23H28N2O8S/c1-14-12-25(13-15(2)33-14)34(28,29)17-8-6-7-16(9-17)22(26)24-19-11-21(31-4)20(30-3)10-18(19)23(27)32-5/h6-11,14-15H,12-13H2,1-5H3,(H,24,26). The molecule has 3 rings (SSSR count). The number of nitrogens with zero attached hydrogens (tertiary/aromatic N) is 1. The molecule has 0 bridgehead atoms. The van der Waals surface area contributed by atoms with E-state index in [0.717, 1.165) is 0 Å². The number of ether oxygens (including phenoxy) is 4. The summed E-state index contributed by atoms with van der Waals surface area (Å²) < 4.78 is 48.6. The maximum atomic E-state index is 13.2. The van der Waals surface area contributed by atoms with Crippen LogP contribution in [0.25, 0.3) is 0 Å². The minimum Gasteiger partial charge on any atom is -0.493 e. The van der Waals surface area contributed by atoms with Crippen LogP contribution in [0.2, 0.25) is 0 Å². The molecule has 0 aliphatic carbocycles. The number of carbonyl (C=O) groups excluding carboxylic acids is 2. The minimum atomic E-state index is -3.84. The molecule has 1 saturated heterocycles. The third-order valence-electron chi connectivity index (χ3n) is 5.30. The van der Waals surface area contributed by atoms with Crippen LogP contribution in [0, 0.1) is 0 Å². The van der Waals surface area contributed by atoms with Gasteiger partial charge in [-0.15, -0.1) is 0 Å². The highest BCUT2D eigenvalue weighted by Gasteiger charge is 2.32. The van der Waals surface area contributed by atoms with E-state index in [-0.39, 0.29) is 58.5 Å². The van der Waals surface area contributed by atoms with Crippen molar-refractivity contribution in [2.45, 2.75) is 31.0 Å². The molecule has 1 aliphatic rings. The number of sulfonamides is 1. The lowest BCUT2D eigenvalue weighted by molar-refractivity contribution is -0.0440. The summed E-state index contributed by atoms with van der Waals surface area (Å²) in [6.45, 7) is 4.06. The van der Waals surface area contributed by atoms with E-state index in [0.29, 0.717) is 0 Å². The molecule has 0 spiro atoms. The average Bonchev–Trinajstić information content (AvgIpc) is 2.82. The van der Waals surface area contributed by atoms with Gasteiger partial charge in [0.25, 0.3) is 5.91 Å². The number of carbonyl (C=O) groups is 2. The molecule has 2 aromatic carbocycles. The normalized spacial score (nSPS) is 18.7. The Labute approximate surface area is 198 Å². The number of amides is 1. The summed E-state index contributed by atoms with van der Waals surface area (Å²) in [6.07, 6.45) is -0.487. The molecule has 0 radical (unpaired) electrons. The van der Waals surface area contributed by atoms with Gasteiger partial charge in [0, 0.05) is 30.8 Å². The van der Waals surface area contributed by atoms with Crippen LogP contribution in [0.5, 0.6) is 11.5 Å². The highest BCUT2D eigenvalue weighted by molar-refractivity contribution is 7.89. The van der Waals surface area contributed by atoms with Crippen LogP contribution in [-0.4, -0.2) is 71.2 Å². The first kappa shape index (κ1) is 25.5. The zero-order valence-electron chi connectivity index (χ0n) is 19.7. The van der Waals surface area contributed by atoms with Gasteiger partial charge in [-0.25, -0.2) is 13.2 Å². The van der Waals surface area contributed by atoms with Crippen LogP contribution in [0.3, 0.4) is 0 Å². The van der Waals surface area contributed by atoms with Gasteiger partial charge in [-0.3, -0.25) is 4.79 Å². The molecule has 1 N–H and O–H groups in total. The summed E-state index contributed by atoms with van der Waals surface area (Å²) in [6, 6.07) is 8.53. The summed E-state index contributed by atoms with van der Waals surface area (Å²) in [7, 11) is 0.211. The van der Waals surface area contributed by atoms with E-state index in [9.17, 15) is 18.0 Å². The SMILES string of the molecule is COC(=O)c1cc(OC)c(OC)cc1NC(=O)c1cccc(S(=O)(=O)N2CC(C)OC(C)C2)c1. The number of esters is 1. The van der Waals surface area contributed by atoms with Gasteiger partial charge in [-0.2, -0.15) is 4.31 Å². The molecule has 1 amide bonds. The zero-order valence-corrected chi connectivity index (χ0v) is 20.5. The van der Waals surface area contributed by atoms with E-state index in [1.165, 1.54) is 62.0 Å². The Morgan fingerprint density at radius 2 is 1.62 bits per heavy atom. The average molecular weight is 493 g/mol. The number of anilines is 1. The van der Waals surface area contributed by atoms with Crippen molar-refractivity contribution in [1.82, 2.24) is 4.31 Å². The maximum Gasteiger partial charge on any atom is 0.340 e. The fourth-order valence-electron chi connectivity index (χ4n) is 3.73. The Bertz CT molecular complexity index is 1170. The largest absolute Gasteiger partial charge is 0.493 e. The molecule has 1 aliphatic heterocycles. The molecule has 10 nitrogen and oxygen atoms in total. The first-order valence-electron chi connectivity index (χ1n) is 10.5. The number of morpholine rings is 1. The summed E-state index contributed by atoms with van der Waals surface area (Å²) in [4.78, 5) is 25.3. The summed E-state index contributed by atoms with van der Waals surface area (Å²) in [5, 5.41) is 2.64. The number of methoxy groups -OCH3 is 3. The molecule has 2 atom stereocenters. The Morgan fingerprint density at radius 3 is 2.21 bits per heavy atom. The molecule has 0 aromatic heterocycles. The van der Waals surface area contributed by atoms with Gasteiger partial charge in [-0.05, 0) is 32.0 Å². The van der Waals surface area contributed by atoms with Crippen LogP contribution in [0.1, 0.15) is 34.6 Å². The van der Waals surface area contributed by atoms with Crippen molar-refractivity contribution < 1.29 is 37.0 Å². The minimum absolute atomic E-state index is 0.0121. The number of nitrogens with one attached hydrogen (secondary N) is 1. The molecule has 1 fully saturated rings. The number of hydrogen-bond acceptors (Lipinski definition) is 8. The lowest BCUT2D eigenvalue weighted by Gasteiger charge is -2.34. The molecule has 1 heterocycles. The second kappa shape index (κ2) is 10.4. The number of benzene rings is 2. The molecule has 2 aromatic rings. The second-order valence-corrected chi connectivity index (χ2v) is 9.74. The molecule has 0 saturated carbocycles. The fraction of sp³-hybridized carbons (Fsp3) is 0.391. The van der Waals surface area contributed by atoms with Gasteiger partial charge in [0.2, 0.25) is 10.0 Å². The second-order valence-electron chi connectivity index (χ2n) is 7.81. The highest BCUT2D eigenvalue weighted by Crippen LogP contribution is 2.34. The number of hydrogen-bond donors (Lipinski definition) is 1. The number of rotatable bonds is 7. The van der Waals surface area contributed by atoms with E-state index in [2.05, 4.69) is 5.32 Å². The predicted octanol–water partition coefficient (Wildman–Crippen LogP) is 2.54. The van der Waals surface area contributed by atoms with E-state index in [1.807, 2.05) is 13.8 Å². The molecule has 2 unspecified atom stereocenters. The van der Waals surface area contributed by atoms with Crippen LogP contribution < -0.4 is 14.8 Å². The van der Waals surface area contributed by atoms with Gasteiger partial charge in [0.1, 0.15) is 0 Å². The van der Waals surface area contributed by atoms with Gasteiger partial charge in [-0.1, -0.05) is 6.07 Å². The monoisotopic (exact) mass is 492 g/mol. The highest BCUT2D eigenvalue weighted by atomic mass is 32.2. The van der Waals surface area contributed by atoms with Crippen molar-refractivity contribution >= 4 is 27.6 Å². The molecule has 34 heavy (non-hydrogen) atoms. The molecular weight excluding hydrogens is 464 g/mol. The Balaban J connectivity index is 1.92. The maximum absolute atomic E-state index is 13.2. The van der Waals surface area contributed by atoms with Gasteiger partial charge >= 0.3 is 5.97 Å². The predicted molar refractivity (Wildman–Crippen MR) is 124 cm³/mol. The lowest BCUT2D eigenvalue weighted by Crippen LogP contribution is -2.48. The summed E-state index contributed by atoms with van der Waals surface area (Å²) >= 11 is 0. The van der Waals surface area contributed by atoms with E-state index in [1.54, 1.807) is 0 Å². The zero-order chi connectivity index (χ0) is 25.0. The van der Waals surface area contributed by atoms with E-state index < -0.39 is 21.9 Å². The van der Waals surface area contributed by atoms with Crippen molar-refractivity contribution in [3.05, 3.63) is 47.5 Å². The molecule has 184 valence electrons. The first-order chi connectivity index (χ1) is 16.1. The van der Waals surface area contributed by atoms with E-state index >= 15 is 0 Å². The third kappa shape index (κ3) is 5.32. The van der Waals surface area contributed by atoms with Crippen LogP contribution >= 0.6 is 0 Å². The topological polar surface area (TPSA) is 120 Å². The van der Waals surface area contributed by atoms with Gasteiger partial charge < -0.3 is 24.3 Å². The third-order valence-corrected chi connectivity index (χ3v) is 7.12. The molecule has 11 heteroatoms. The van der Waals surface area contributed by atoms with Crippen LogP contribution in [0.15, 0.2) is 41.3 Å². The van der Waals surface area contributed by atoms with Crippen LogP contribution in [-0.2, 0) is 19.5 Å². The lowest BCUT2D eigenvalue weighted by atomic mass is 10.1. The van der Waals surface area contributed by atoms with Crippen molar-refractivity contribution in [1.29, 1.82) is 0 Å². The Morgan fingerprint density at radius 1 is 1.00 bits per heavy atom. The summed E-state index contributed by atoms with van der Waals surface area (Å²) in [5.41, 5.74) is 0.271. The van der Waals surface area contributed by atoms with Crippen molar-refractivity contribution in [2.24, 2.45) is 0 Å². The van der Waals surface area contributed by atoms with E-state index in [4.69, 9.17) is 18.9 Å². The Kier molecular flexibility index (Phi) is 7.80. The van der Waals surface area contributed by atoms with Gasteiger partial charge in [0.05, 0.1) is 49.7 Å². The molecular formula is C23H28N2O8S. The van der Waals surface area contributed by atoms with Crippen molar-refractivity contribution in [3.63, 3.8) is 0 Å². The van der Waals surface area contributed by atoms with Crippen molar-refractivity contribution in [2.75, 3.05) is 39.7 Å². The smallest absolute Gasteiger partial charge is 0.340 e. The fourth-order valence-corrected chi connectivity index (χ4v) is 5.37. The quantitative estimate of drug-likeness (QED) is 0.586. The first-order valence-corrected chi connectivity index (χ1v) is 12.0. The summed E-state index contributed by atoms with van der Waals surface area (Å²) in [5.74, 6) is -0.735. The van der Waals surface area contributed by atoms with Crippen molar-refractivity contribution in [3.8, 4) is 11.5 Å². The Hall–Kier alpha value is -3.15.